The summed E-state index contributed by atoms with van der Waals surface area (Å²) in [7, 11) is 0. The Balaban J connectivity index is 2.09. The van der Waals surface area contributed by atoms with Gasteiger partial charge in [0.25, 0.3) is 0 Å². The lowest BCUT2D eigenvalue weighted by atomic mass is 10.2. The van der Waals surface area contributed by atoms with Gasteiger partial charge in [0.15, 0.2) is 0 Å². The number of thiazole rings is 1. The molecule has 1 aromatic carbocycles. The number of aryl methyl sites for hydroxylation is 1. The lowest BCUT2D eigenvalue weighted by Crippen LogP contribution is -2.33. The Labute approximate surface area is 122 Å². The maximum atomic E-state index is 11.2. The molecule has 4 N–H and O–H groups in total. The molecule has 1 amide bonds. The van der Waals surface area contributed by atoms with E-state index in [0.29, 0.717) is 18.8 Å². The molecule has 0 atom stereocenters. The average Bonchev–Trinajstić information content (AvgIpc) is 2.73. The highest BCUT2D eigenvalue weighted by Crippen LogP contribution is 2.14. The van der Waals surface area contributed by atoms with E-state index in [1.165, 1.54) is 0 Å². The average molecular weight is 290 g/mol. The molecule has 0 unspecified atom stereocenters. The van der Waals surface area contributed by atoms with Gasteiger partial charge < -0.3 is 11.5 Å². The molecule has 2 rings (SSSR count). The summed E-state index contributed by atoms with van der Waals surface area (Å²) < 4.78 is 0. The van der Waals surface area contributed by atoms with Gasteiger partial charge in [0.1, 0.15) is 0 Å². The number of hydrogen-bond donors (Lipinski definition) is 2. The number of rotatable bonds is 6. The van der Waals surface area contributed by atoms with Gasteiger partial charge in [-0.1, -0.05) is 12.1 Å². The minimum Gasteiger partial charge on any atom is -0.399 e. The zero-order valence-corrected chi connectivity index (χ0v) is 12.2. The number of amides is 1. The van der Waals surface area contributed by atoms with Crippen LogP contribution >= 0.6 is 11.3 Å². The molecule has 106 valence electrons. The maximum absolute atomic E-state index is 11.2. The molecule has 0 fully saturated rings. The van der Waals surface area contributed by atoms with Gasteiger partial charge in [-0.15, -0.1) is 11.3 Å². The first kappa shape index (κ1) is 14.5. The zero-order chi connectivity index (χ0) is 14.5. The number of benzene rings is 1. The first-order valence-electron chi connectivity index (χ1n) is 6.29. The highest BCUT2D eigenvalue weighted by atomic mass is 32.1. The fraction of sp³-hybridized carbons (Fsp3) is 0.286. The SMILES string of the molecule is Cc1nc(CN(CC(N)=O)Cc2cccc(N)c2)cs1. The summed E-state index contributed by atoms with van der Waals surface area (Å²) in [6.07, 6.45) is 0. The van der Waals surface area contributed by atoms with Crippen LogP contribution in [-0.2, 0) is 17.9 Å². The Kier molecular flexibility index (Phi) is 4.70. The molecule has 0 aliphatic carbocycles. The lowest BCUT2D eigenvalue weighted by Gasteiger charge is -2.20. The Hall–Kier alpha value is -1.92. The van der Waals surface area contributed by atoms with E-state index in [1.54, 1.807) is 11.3 Å². The Bertz CT molecular complexity index is 596. The Morgan fingerprint density at radius 3 is 2.80 bits per heavy atom. The van der Waals surface area contributed by atoms with Crippen molar-refractivity contribution in [3.8, 4) is 0 Å². The summed E-state index contributed by atoms with van der Waals surface area (Å²) in [4.78, 5) is 17.6. The van der Waals surface area contributed by atoms with E-state index in [0.717, 1.165) is 16.3 Å². The van der Waals surface area contributed by atoms with Crippen molar-refractivity contribution in [2.24, 2.45) is 5.73 Å². The summed E-state index contributed by atoms with van der Waals surface area (Å²) >= 11 is 1.60. The van der Waals surface area contributed by atoms with Crippen LogP contribution in [0.3, 0.4) is 0 Å². The van der Waals surface area contributed by atoms with Gasteiger partial charge in [0, 0.05) is 24.2 Å². The first-order chi connectivity index (χ1) is 9.52. The molecular formula is C14H18N4OS. The van der Waals surface area contributed by atoms with Gasteiger partial charge in [-0.25, -0.2) is 4.98 Å². The monoisotopic (exact) mass is 290 g/mol. The second-order valence-electron chi connectivity index (χ2n) is 4.71. The van der Waals surface area contributed by atoms with Crippen molar-refractivity contribution >= 4 is 22.9 Å². The predicted octanol–water partition coefficient (Wildman–Crippen LogP) is 1.52. The molecule has 20 heavy (non-hydrogen) atoms. The standard InChI is InChI=1S/C14H18N4OS/c1-10-17-13(9-20-10)7-18(8-14(16)19)6-11-3-2-4-12(15)5-11/h2-5,9H,6-8,15H2,1H3,(H2,16,19). The van der Waals surface area contributed by atoms with Crippen molar-refractivity contribution in [2.75, 3.05) is 12.3 Å². The van der Waals surface area contributed by atoms with Crippen molar-refractivity contribution in [3.63, 3.8) is 0 Å². The van der Waals surface area contributed by atoms with E-state index in [2.05, 4.69) is 4.98 Å². The molecule has 2 aromatic rings. The number of carbonyl (C=O) groups excluding carboxylic acids is 1. The third-order valence-electron chi connectivity index (χ3n) is 2.79. The maximum Gasteiger partial charge on any atom is 0.231 e. The fourth-order valence-electron chi connectivity index (χ4n) is 2.05. The van der Waals surface area contributed by atoms with Crippen molar-refractivity contribution in [1.82, 2.24) is 9.88 Å². The van der Waals surface area contributed by atoms with E-state index in [4.69, 9.17) is 11.5 Å². The molecular weight excluding hydrogens is 272 g/mol. The van der Waals surface area contributed by atoms with Crippen LogP contribution in [0.15, 0.2) is 29.6 Å². The number of nitrogen functional groups attached to an aromatic ring is 1. The molecule has 0 saturated carbocycles. The second-order valence-corrected chi connectivity index (χ2v) is 5.78. The summed E-state index contributed by atoms with van der Waals surface area (Å²) in [5.74, 6) is -0.346. The molecule has 0 aliphatic heterocycles. The quantitative estimate of drug-likeness (QED) is 0.790. The first-order valence-corrected chi connectivity index (χ1v) is 7.17. The van der Waals surface area contributed by atoms with Gasteiger partial charge in [-0.3, -0.25) is 9.69 Å². The van der Waals surface area contributed by atoms with Crippen LogP contribution in [-0.4, -0.2) is 22.3 Å². The highest BCUT2D eigenvalue weighted by Gasteiger charge is 2.12. The molecule has 0 spiro atoms. The lowest BCUT2D eigenvalue weighted by molar-refractivity contribution is -0.119. The Morgan fingerprint density at radius 2 is 2.20 bits per heavy atom. The second kappa shape index (κ2) is 6.49. The number of carbonyl (C=O) groups is 1. The number of aromatic nitrogens is 1. The summed E-state index contributed by atoms with van der Waals surface area (Å²) in [6, 6.07) is 7.63. The minimum atomic E-state index is -0.346. The minimum absolute atomic E-state index is 0.200. The topological polar surface area (TPSA) is 85.2 Å². The Morgan fingerprint density at radius 1 is 1.40 bits per heavy atom. The molecule has 1 heterocycles. The number of anilines is 1. The van der Waals surface area contributed by atoms with E-state index in [-0.39, 0.29) is 12.5 Å². The predicted molar refractivity (Wildman–Crippen MR) is 81.0 cm³/mol. The zero-order valence-electron chi connectivity index (χ0n) is 11.4. The normalized spacial score (nSPS) is 10.9. The molecule has 6 heteroatoms. The van der Waals surface area contributed by atoms with Crippen LogP contribution in [0.1, 0.15) is 16.3 Å². The van der Waals surface area contributed by atoms with Crippen LogP contribution < -0.4 is 11.5 Å². The molecule has 0 bridgehead atoms. The number of nitrogens with zero attached hydrogens (tertiary/aromatic N) is 2. The third kappa shape index (κ3) is 4.32. The number of hydrogen-bond acceptors (Lipinski definition) is 5. The van der Waals surface area contributed by atoms with Crippen LogP contribution in [0, 0.1) is 6.92 Å². The third-order valence-corrected chi connectivity index (χ3v) is 3.61. The van der Waals surface area contributed by atoms with Crippen LogP contribution in [0.25, 0.3) is 0 Å². The summed E-state index contributed by atoms with van der Waals surface area (Å²) in [6.45, 7) is 3.38. The highest BCUT2D eigenvalue weighted by molar-refractivity contribution is 7.09. The van der Waals surface area contributed by atoms with Crippen molar-refractivity contribution in [3.05, 3.63) is 45.9 Å². The number of primary amides is 1. The van der Waals surface area contributed by atoms with Crippen LogP contribution in [0.2, 0.25) is 0 Å². The van der Waals surface area contributed by atoms with Crippen molar-refractivity contribution < 1.29 is 4.79 Å². The van der Waals surface area contributed by atoms with Crippen molar-refractivity contribution in [1.29, 1.82) is 0 Å². The van der Waals surface area contributed by atoms with E-state index in [1.807, 2.05) is 41.5 Å². The van der Waals surface area contributed by atoms with Crippen LogP contribution in [0.4, 0.5) is 5.69 Å². The molecule has 5 nitrogen and oxygen atoms in total. The van der Waals surface area contributed by atoms with Gasteiger partial charge in [0.05, 0.1) is 17.2 Å². The largest absolute Gasteiger partial charge is 0.399 e. The van der Waals surface area contributed by atoms with Gasteiger partial charge in [-0.2, -0.15) is 0 Å². The smallest absolute Gasteiger partial charge is 0.231 e. The van der Waals surface area contributed by atoms with E-state index < -0.39 is 0 Å². The van der Waals surface area contributed by atoms with E-state index in [9.17, 15) is 4.79 Å². The summed E-state index contributed by atoms with van der Waals surface area (Å²) in [5, 5.41) is 3.02. The number of nitrogens with two attached hydrogens (primary N) is 2. The van der Waals surface area contributed by atoms with Gasteiger partial charge in [0.2, 0.25) is 5.91 Å². The van der Waals surface area contributed by atoms with Crippen LogP contribution in [0.5, 0.6) is 0 Å². The van der Waals surface area contributed by atoms with E-state index >= 15 is 0 Å². The molecule has 1 aromatic heterocycles. The molecule has 0 radical (unpaired) electrons. The van der Waals surface area contributed by atoms with Gasteiger partial charge in [-0.05, 0) is 24.6 Å². The fourth-order valence-corrected chi connectivity index (χ4v) is 2.65. The molecule has 0 aliphatic rings. The molecule has 0 saturated heterocycles. The van der Waals surface area contributed by atoms with Gasteiger partial charge >= 0.3 is 0 Å². The summed E-state index contributed by atoms with van der Waals surface area (Å²) in [5.41, 5.74) is 13.8. The van der Waals surface area contributed by atoms with Crippen molar-refractivity contribution in [2.45, 2.75) is 20.0 Å².